The summed E-state index contributed by atoms with van der Waals surface area (Å²) in [5.41, 5.74) is 3.90. The van der Waals surface area contributed by atoms with Crippen molar-refractivity contribution < 1.29 is 9.47 Å². The van der Waals surface area contributed by atoms with Crippen LogP contribution in [-0.4, -0.2) is 26.9 Å². The molecule has 0 saturated carbocycles. The Hall–Kier alpha value is -1.06. The molecule has 3 heteroatoms. The summed E-state index contributed by atoms with van der Waals surface area (Å²) in [5.74, 6) is 1.55. The summed E-state index contributed by atoms with van der Waals surface area (Å²) in [5, 5.41) is 3.71. The molecule has 20 heavy (non-hydrogen) atoms. The molecule has 0 spiro atoms. The summed E-state index contributed by atoms with van der Waals surface area (Å²) >= 11 is 0. The molecule has 0 aliphatic carbocycles. The maximum atomic E-state index is 5.59. The van der Waals surface area contributed by atoms with Crippen molar-refractivity contribution in [2.45, 2.75) is 39.7 Å². The van der Waals surface area contributed by atoms with Gasteiger partial charge in [0.05, 0.1) is 13.7 Å². The van der Waals surface area contributed by atoms with E-state index in [1.807, 2.05) is 0 Å². The molecule has 3 nitrogen and oxygen atoms in total. The van der Waals surface area contributed by atoms with Crippen LogP contribution < -0.4 is 10.1 Å². The van der Waals surface area contributed by atoms with E-state index in [0.29, 0.717) is 12.0 Å². The second-order valence-corrected chi connectivity index (χ2v) is 5.73. The molecular formula is C17H27NO2. The molecule has 2 atom stereocenters. The van der Waals surface area contributed by atoms with Crippen LogP contribution in [0.4, 0.5) is 0 Å². The molecule has 2 unspecified atom stereocenters. The minimum Gasteiger partial charge on any atom is -0.496 e. The number of ether oxygens (including phenoxy) is 2. The smallest absolute Gasteiger partial charge is 0.122 e. The maximum Gasteiger partial charge on any atom is 0.122 e. The van der Waals surface area contributed by atoms with Crippen molar-refractivity contribution in [1.82, 2.24) is 5.32 Å². The van der Waals surface area contributed by atoms with Gasteiger partial charge < -0.3 is 14.8 Å². The van der Waals surface area contributed by atoms with Gasteiger partial charge in [0, 0.05) is 18.6 Å². The van der Waals surface area contributed by atoms with E-state index in [2.05, 4.69) is 38.2 Å². The maximum absolute atomic E-state index is 5.59. The molecular weight excluding hydrogens is 250 g/mol. The quantitative estimate of drug-likeness (QED) is 0.864. The highest BCUT2D eigenvalue weighted by Gasteiger charge is 2.28. The molecule has 1 aliphatic heterocycles. The summed E-state index contributed by atoms with van der Waals surface area (Å²) in [6.45, 7) is 9.31. The van der Waals surface area contributed by atoms with Crippen LogP contribution in [0, 0.1) is 19.8 Å². The van der Waals surface area contributed by atoms with E-state index < -0.39 is 0 Å². The molecule has 0 amide bonds. The fourth-order valence-corrected chi connectivity index (χ4v) is 3.01. The largest absolute Gasteiger partial charge is 0.496 e. The zero-order valence-electron chi connectivity index (χ0n) is 13.2. The third-order valence-electron chi connectivity index (χ3n) is 4.17. The molecule has 1 saturated heterocycles. The summed E-state index contributed by atoms with van der Waals surface area (Å²) in [4.78, 5) is 0. The Balaban J connectivity index is 2.29. The van der Waals surface area contributed by atoms with Gasteiger partial charge in [-0.2, -0.15) is 0 Å². The van der Waals surface area contributed by atoms with Gasteiger partial charge >= 0.3 is 0 Å². The molecule has 1 fully saturated rings. The van der Waals surface area contributed by atoms with Crippen molar-refractivity contribution in [3.63, 3.8) is 0 Å². The Kier molecular flexibility index (Phi) is 5.44. The minimum atomic E-state index is 0.391. The molecule has 1 N–H and O–H groups in total. The fourth-order valence-electron chi connectivity index (χ4n) is 3.01. The first-order valence-corrected chi connectivity index (χ1v) is 7.63. The number of methoxy groups -OCH3 is 1. The van der Waals surface area contributed by atoms with Crippen LogP contribution >= 0.6 is 0 Å². The van der Waals surface area contributed by atoms with Gasteiger partial charge in [-0.05, 0) is 56.0 Å². The van der Waals surface area contributed by atoms with Crippen molar-refractivity contribution in [3.05, 3.63) is 28.8 Å². The van der Waals surface area contributed by atoms with E-state index in [-0.39, 0.29) is 0 Å². The van der Waals surface area contributed by atoms with Crippen LogP contribution in [0.5, 0.6) is 5.75 Å². The lowest BCUT2D eigenvalue weighted by molar-refractivity contribution is 0.176. The van der Waals surface area contributed by atoms with Gasteiger partial charge in [-0.25, -0.2) is 0 Å². The van der Waals surface area contributed by atoms with Crippen molar-refractivity contribution >= 4 is 0 Å². The summed E-state index contributed by atoms with van der Waals surface area (Å²) in [6.07, 6.45) is 2.30. The molecule has 1 heterocycles. The van der Waals surface area contributed by atoms with Gasteiger partial charge in [0.2, 0.25) is 0 Å². The Morgan fingerprint density at radius 3 is 2.75 bits per heavy atom. The van der Waals surface area contributed by atoms with Crippen LogP contribution in [0.25, 0.3) is 0 Å². The second-order valence-electron chi connectivity index (χ2n) is 5.73. The topological polar surface area (TPSA) is 30.5 Å². The normalized spacial score (nSPS) is 20.1. The van der Waals surface area contributed by atoms with Crippen molar-refractivity contribution in [2.75, 3.05) is 26.9 Å². The SMILES string of the molecule is CCCNC(c1cc(C)c(OC)cc1C)C1CCOC1. The third-order valence-corrected chi connectivity index (χ3v) is 4.17. The average molecular weight is 277 g/mol. The molecule has 112 valence electrons. The summed E-state index contributed by atoms with van der Waals surface area (Å²) in [7, 11) is 1.74. The lowest BCUT2D eigenvalue weighted by Crippen LogP contribution is -2.30. The highest BCUT2D eigenvalue weighted by Crippen LogP contribution is 2.33. The molecule has 0 radical (unpaired) electrons. The number of aryl methyl sites for hydroxylation is 2. The van der Waals surface area contributed by atoms with E-state index in [4.69, 9.17) is 9.47 Å². The Morgan fingerprint density at radius 1 is 1.35 bits per heavy atom. The molecule has 1 aliphatic rings. The predicted octanol–water partition coefficient (Wildman–Crippen LogP) is 3.39. The van der Waals surface area contributed by atoms with Crippen molar-refractivity contribution in [1.29, 1.82) is 0 Å². The fraction of sp³-hybridized carbons (Fsp3) is 0.647. The first-order valence-electron chi connectivity index (χ1n) is 7.63. The number of rotatable bonds is 6. The first-order chi connectivity index (χ1) is 9.67. The first kappa shape index (κ1) is 15.3. The van der Waals surface area contributed by atoms with E-state index in [9.17, 15) is 0 Å². The Bertz CT molecular complexity index is 439. The average Bonchev–Trinajstić information content (AvgIpc) is 2.96. The Labute approximate surface area is 122 Å². The molecule has 2 rings (SSSR count). The van der Waals surface area contributed by atoms with E-state index in [1.165, 1.54) is 16.7 Å². The van der Waals surface area contributed by atoms with Gasteiger partial charge in [0.25, 0.3) is 0 Å². The van der Waals surface area contributed by atoms with Crippen LogP contribution in [0.1, 0.15) is 42.5 Å². The monoisotopic (exact) mass is 277 g/mol. The second kappa shape index (κ2) is 7.09. The summed E-state index contributed by atoms with van der Waals surface area (Å²) < 4.78 is 11.0. The molecule has 0 bridgehead atoms. The van der Waals surface area contributed by atoms with Gasteiger partial charge in [-0.15, -0.1) is 0 Å². The zero-order valence-corrected chi connectivity index (χ0v) is 13.2. The molecule has 0 aromatic heterocycles. The minimum absolute atomic E-state index is 0.391. The van der Waals surface area contributed by atoms with Crippen LogP contribution in [0.3, 0.4) is 0 Å². The number of hydrogen-bond donors (Lipinski definition) is 1. The van der Waals surface area contributed by atoms with Crippen molar-refractivity contribution in [3.8, 4) is 5.75 Å². The molecule has 1 aromatic carbocycles. The van der Waals surface area contributed by atoms with Gasteiger partial charge in [-0.3, -0.25) is 0 Å². The number of benzene rings is 1. The lowest BCUT2D eigenvalue weighted by atomic mass is 9.88. The van der Waals surface area contributed by atoms with E-state index in [1.54, 1.807) is 7.11 Å². The van der Waals surface area contributed by atoms with Crippen LogP contribution in [-0.2, 0) is 4.74 Å². The number of nitrogens with one attached hydrogen (secondary N) is 1. The number of hydrogen-bond acceptors (Lipinski definition) is 3. The van der Waals surface area contributed by atoms with Gasteiger partial charge in [0.1, 0.15) is 5.75 Å². The van der Waals surface area contributed by atoms with E-state index in [0.717, 1.165) is 38.3 Å². The van der Waals surface area contributed by atoms with E-state index >= 15 is 0 Å². The third kappa shape index (κ3) is 3.33. The van der Waals surface area contributed by atoms with Crippen LogP contribution in [0.15, 0.2) is 12.1 Å². The predicted molar refractivity (Wildman–Crippen MR) is 82.4 cm³/mol. The Morgan fingerprint density at radius 2 is 2.15 bits per heavy atom. The molecule has 1 aromatic rings. The summed E-state index contributed by atoms with van der Waals surface area (Å²) in [6, 6.07) is 4.82. The van der Waals surface area contributed by atoms with Crippen LogP contribution in [0.2, 0.25) is 0 Å². The van der Waals surface area contributed by atoms with Crippen molar-refractivity contribution in [2.24, 2.45) is 5.92 Å². The van der Waals surface area contributed by atoms with Gasteiger partial charge in [-0.1, -0.05) is 13.0 Å². The lowest BCUT2D eigenvalue weighted by Gasteiger charge is -2.26. The van der Waals surface area contributed by atoms with Gasteiger partial charge in [0.15, 0.2) is 0 Å². The highest BCUT2D eigenvalue weighted by atomic mass is 16.5. The highest BCUT2D eigenvalue weighted by molar-refractivity contribution is 5.43. The zero-order chi connectivity index (χ0) is 14.5. The standard InChI is InChI=1S/C17H27NO2/c1-5-7-18-17(14-6-8-20-11-14)15-9-13(3)16(19-4)10-12(15)2/h9-10,14,17-18H,5-8,11H2,1-4H3.